The fourth-order valence-electron chi connectivity index (χ4n) is 3.38. The van der Waals surface area contributed by atoms with Crippen LogP contribution in [-0.4, -0.2) is 35.1 Å². The minimum Gasteiger partial charge on any atom is -0.454 e. The predicted molar refractivity (Wildman–Crippen MR) is 117 cm³/mol. The van der Waals surface area contributed by atoms with Gasteiger partial charge in [0.2, 0.25) is 6.79 Å². The Hall–Kier alpha value is -3.52. The van der Waals surface area contributed by atoms with Gasteiger partial charge in [-0.25, -0.2) is 9.48 Å². The van der Waals surface area contributed by atoms with E-state index in [1.807, 2.05) is 32.9 Å². The number of rotatable bonds is 6. The molecule has 3 aromatic rings. The van der Waals surface area contributed by atoms with E-state index in [-0.39, 0.29) is 19.4 Å². The van der Waals surface area contributed by atoms with E-state index in [0.717, 1.165) is 22.6 Å². The van der Waals surface area contributed by atoms with Crippen molar-refractivity contribution in [2.75, 3.05) is 13.4 Å². The fourth-order valence-corrected chi connectivity index (χ4v) is 3.50. The minimum atomic E-state index is -0.589. The molecule has 1 amide bonds. The number of carbonyl (C=O) groups excluding carboxylic acids is 2. The lowest BCUT2D eigenvalue weighted by molar-refractivity contribution is -0.124. The molecule has 1 aliphatic heterocycles. The molecule has 32 heavy (non-hydrogen) atoms. The first-order valence-electron chi connectivity index (χ1n) is 10.0. The van der Waals surface area contributed by atoms with Gasteiger partial charge < -0.3 is 19.5 Å². The Morgan fingerprint density at radius 1 is 1.16 bits per heavy atom. The van der Waals surface area contributed by atoms with Gasteiger partial charge in [-0.3, -0.25) is 4.79 Å². The van der Waals surface area contributed by atoms with E-state index in [2.05, 4.69) is 10.4 Å². The number of benzene rings is 2. The first-order chi connectivity index (χ1) is 15.3. The van der Waals surface area contributed by atoms with Crippen LogP contribution in [0.25, 0.3) is 5.69 Å². The molecular formula is C23H22ClN3O5. The molecule has 1 N–H and O–H groups in total. The summed E-state index contributed by atoms with van der Waals surface area (Å²) in [6, 6.07) is 11.9. The molecule has 0 spiro atoms. The Kier molecular flexibility index (Phi) is 6.05. The highest BCUT2D eigenvalue weighted by Gasteiger charge is 2.18. The van der Waals surface area contributed by atoms with Crippen LogP contribution < -0.4 is 14.8 Å². The average Bonchev–Trinajstić information content (AvgIpc) is 3.37. The number of carbonyl (C=O) groups is 2. The van der Waals surface area contributed by atoms with Gasteiger partial charge in [-0.1, -0.05) is 17.7 Å². The zero-order valence-corrected chi connectivity index (χ0v) is 18.6. The van der Waals surface area contributed by atoms with Crippen molar-refractivity contribution >= 4 is 23.5 Å². The predicted octanol–water partition coefficient (Wildman–Crippen LogP) is 3.91. The van der Waals surface area contributed by atoms with Crippen LogP contribution in [0, 0.1) is 13.8 Å². The van der Waals surface area contributed by atoms with Gasteiger partial charge in [0.1, 0.15) is 0 Å². The van der Waals surface area contributed by atoms with E-state index in [1.165, 1.54) is 0 Å². The number of hydrogen-bond acceptors (Lipinski definition) is 6. The maximum Gasteiger partial charge on any atom is 0.338 e. The summed E-state index contributed by atoms with van der Waals surface area (Å²) in [6.07, 6.45) is 0. The standard InChI is InChI=1S/C23H22ClN3O5/c1-13(17-6-9-19-20(10-17)32-12-31-19)25-21(28)11-30-23(29)16-4-7-18(8-5-16)27-15(3)22(24)14(2)26-27/h4-10,13H,11-12H2,1-3H3,(H,25,28). The summed E-state index contributed by atoms with van der Waals surface area (Å²) in [5.41, 5.74) is 3.50. The van der Waals surface area contributed by atoms with Gasteiger partial charge in [-0.2, -0.15) is 5.10 Å². The number of aromatic nitrogens is 2. The number of amides is 1. The summed E-state index contributed by atoms with van der Waals surface area (Å²) in [5.74, 6) is 0.320. The lowest BCUT2D eigenvalue weighted by Crippen LogP contribution is -2.31. The van der Waals surface area contributed by atoms with Crippen LogP contribution in [0.1, 0.15) is 40.3 Å². The Morgan fingerprint density at radius 3 is 2.56 bits per heavy atom. The van der Waals surface area contributed by atoms with E-state index in [4.69, 9.17) is 25.8 Å². The van der Waals surface area contributed by atoms with Crippen LogP contribution in [0.2, 0.25) is 5.02 Å². The molecule has 1 aromatic heterocycles. The first-order valence-corrected chi connectivity index (χ1v) is 10.4. The van der Waals surface area contributed by atoms with Crippen LogP contribution in [-0.2, 0) is 9.53 Å². The number of aryl methyl sites for hydroxylation is 1. The van der Waals surface area contributed by atoms with Gasteiger partial charge >= 0.3 is 5.97 Å². The lowest BCUT2D eigenvalue weighted by atomic mass is 10.1. The largest absolute Gasteiger partial charge is 0.454 e. The van der Waals surface area contributed by atoms with Crippen molar-refractivity contribution in [3.63, 3.8) is 0 Å². The Morgan fingerprint density at radius 2 is 1.88 bits per heavy atom. The van der Waals surface area contributed by atoms with Crippen molar-refractivity contribution in [1.29, 1.82) is 0 Å². The maximum absolute atomic E-state index is 12.3. The van der Waals surface area contributed by atoms with E-state index >= 15 is 0 Å². The quantitative estimate of drug-likeness (QED) is 0.567. The molecule has 1 aliphatic rings. The third-order valence-electron chi connectivity index (χ3n) is 5.16. The van der Waals surface area contributed by atoms with Crippen molar-refractivity contribution in [2.45, 2.75) is 26.8 Å². The van der Waals surface area contributed by atoms with Gasteiger partial charge in [0.15, 0.2) is 18.1 Å². The summed E-state index contributed by atoms with van der Waals surface area (Å²) < 4.78 is 17.5. The third-order valence-corrected chi connectivity index (χ3v) is 5.71. The second kappa shape index (κ2) is 8.92. The number of ether oxygens (including phenoxy) is 3. The third kappa shape index (κ3) is 4.40. The molecule has 9 heteroatoms. The molecule has 4 rings (SSSR count). The Bertz CT molecular complexity index is 1170. The molecule has 1 atom stereocenters. The average molecular weight is 456 g/mol. The Labute approximate surface area is 190 Å². The van der Waals surface area contributed by atoms with Crippen LogP contribution >= 0.6 is 11.6 Å². The number of hydrogen-bond donors (Lipinski definition) is 1. The van der Waals surface area contributed by atoms with Gasteiger partial charge in [0.05, 0.1) is 33.7 Å². The van der Waals surface area contributed by atoms with E-state index in [9.17, 15) is 9.59 Å². The number of fused-ring (bicyclic) bond motifs is 1. The molecule has 2 aromatic carbocycles. The second-order valence-corrected chi connectivity index (χ2v) is 7.80. The summed E-state index contributed by atoms with van der Waals surface area (Å²) in [7, 11) is 0. The highest BCUT2D eigenvalue weighted by atomic mass is 35.5. The van der Waals surface area contributed by atoms with Crippen molar-refractivity contribution in [1.82, 2.24) is 15.1 Å². The van der Waals surface area contributed by atoms with Crippen molar-refractivity contribution in [3.8, 4) is 17.2 Å². The maximum atomic E-state index is 12.3. The molecule has 1 unspecified atom stereocenters. The van der Waals surface area contributed by atoms with Gasteiger partial charge in [-0.05, 0) is 62.7 Å². The van der Waals surface area contributed by atoms with Gasteiger partial charge in [0, 0.05) is 0 Å². The zero-order valence-electron chi connectivity index (χ0n) is 17.8. The minimum absolute atomic E-state index is 0.186. The molecule has 8 nitrogen and oxygen atoms in total. The zero-order chi connectivity index (χ0) is 22.8. The molecule has 0 aliphatic carbocycles. The van der Waals surface area contributed by atoms with Crippen LogP contribution in [0.15, 0.2) is 42.5 Å². The molecule has 0 radical (unpaired) electrons. The lowest BCUT2D eigenvalue weighted by Gasteiger charge is -2.15. The van der Waals surface area contributed by atoms with Crippen LogP contribution in [0.5, 0.6) is 11.5 Å². The number of nitrogens with zero attached hydrogens (tertiary/aromatic N) is 2. The Balaban J connectivity index is 1.32. The van der Waals surface area contributed by atoms with Crippen LogP contribution in [0.4, 0.5) is 0 Å². The SMILES string of the molecule is Cc1nn(-c2ccc(C(=O)OCC(=O)NC(C)c3ccc4c(c3)OCO4)cc2)c(C)c1Cl. The molecule has 0 fully saturated rings. The number of esters is 1. The molecule has 0 saturated carbocycles. The number of halogens is 1. The van der Waals surface area contributed by atoms with E-state index < -0.39 is 11.9 Å². The molecule has 0 bridgehead atoms. The first kappa shape index (κ1) is 21.7. The monoisotopic (exact) mass is 455 g/mol. The number of nitrogens with one attached hydrogen (secondary N) is 1. The molecule has 166 valence electrons. The highest BCUT2D eigenvalue weighted by molar-refractivity contribution is 6.31. The molecule has 0 saturated heterocycles. The van der Waals surface area contributed by atoms with E-state index in [1.54, 1.807) is 35.0 Å². The fraction of sp³-hybridized carbons (Fsp3) is 0.261. The summed E-state index contributed by atoms with van der Waals surface area (Å²) in [4.78, 5) is 24.6. The summed E-state index contributed by atoms with van der Waals surface area (Å²) in [5, 5.41) is 7.79. The summed E-state index contributed by atoms with van der Waals surface area (Å²) >= 11 is 6.19. The molecular weight excluding hydrogens is 434 g/mol. The molecule has 2 heterocycles. The van der Waals surface area contributed by atoms with Gasteiger partial charge in [0.25, 0.3) is 5.91 Å². The van der Waals surface area contributed by atoms with Crippen LogP contribution in [0.3, 0.4) is 0 Å². The smallest absolute Gasteiger partial charge is 0.338 e. The summed E-state index contributed by atoms with van der Waals surface area (Å²) in [6.45, 7) is 5.33. The van der Waals surface area contributed by atoms with E-state index in [0.29, 0.717) is 22.1 Å². The highest BCUT2D eigenvalue weighted by Crippen LogP contribution is 2.34. The van der Waals surface area contributed by atoms with Crippen molar-refractivity contribution in [3.05, 3.63) is 70.0 Å². The van der Waals surface area contributed by atoms with Crippen molar-refractivity contribution < 1.29 is 23.8 Å². The normalized spacial score (nSPS) is 13.0. The van der Waals surface area contributed by atoms with Crippen molar-refractivity contribution in [2.24, 2.45) is 0 Å². The van der Waals surface area contributed by atoms with Gasteiger partial charge in [-0.15, -0.1) is 0 Å². The topological polar surface area (TPSA) is 91.7 Å². The second-order valence-electron chi connectivity index (χ2n) is 7.42.